The SMILES string of the molecule is NC(=O)N(O)CCOc1ccc2c(c1)CCN(c1ccc(-c3ccccc3)cc1)C2=O. The van der Waals surface area contributed by atoms with Crippen molar-refractivity contribution in [3.05, 3.63) is 83.9 Å². The highest BCUT2D eigenvalue weighted by atomic mass is 16.5. The van der Waals surface area contributed by atoms with E-state index in [2.05, 4.69) is 12.1 Å². The van der Waals surface area contributed by atoms with Gasteiger partial charge >= 0.3 is 6.03 Å². The van der Waals surface area contributed by atoms with E-state index in [1.165, 1.54) is 0 Å². The zero-order valence-corrected chi connectivity index (χ0v) is 16.9. The van der Waals surface area contributed by atoms with Gasteiger partial charge in [0.2, 0.25) is 0 Å². The predicted molar refractivity (Wildman–Crippen MR) is 117 cm³/mol. The lowest BCUT2D eigenvalue weighted by Crippen LogP contribution is -2.37. The van der Waals surface area contributed by atoms with Crippen LogP contribution in [0.25, 0.3) is 11.1 Å². The standard InChI is InChI=1S/C24H23N3O4/c25-24(29)27(30)14-15-31-21-10-11-22-19(16-21)12-13-26(23(22)28)20-8-6-18(7-9-20)17-4-2-1-3-5-17/h1-11,16,30H,12-15H2,(H2,25,29). The molecular weight excluding hydrogens is 394 g/mol. The van der Waals surface area contributed by atoms with Gasteiger partial charge in [0.15, 0.2) is 0 Å². The topological polar surface area (TPSA) is 96.1 Å². The summed E-state index contributed by atoms with van der Waals surface area (Å²) in [5.41, 5.74) is 9.62. The van der Waals surface area contributed by atoms with Crippen LogP contribution in [0.2, 0.25) is 0 Å². The highest BCUT2D eigenvalue weighted by molar-refractivity contribution is 6.08. The van der Waals surface area contributed by atoms with Gasteiger partial charge in [-0.1, -0.05) is 42.5 Å². The minimum Gasteiger partial charge on any atom is -0.492 e. The third-order valence-corrected chi connectivity index (χ3v) is 5.27. The van der Waals surface area contributed by atoms with Crippen molar-refractivity contribution in [1.29, 1.82) is 0 Å². The van der Waals surface area contributed by atoms with E-state index in [1.54, 1.807) is 17.0 Å². The Morgan fingerprint density at radius 1 is 1.03 bits per heavy atom. The normalized spacial score (nSPS) is 12.9. The van der Waals surface area contributed by atoms with Gasteiger partial charge < -0.3 is 15.4 Å². The van der Waals surface area contributed by atoms with Crippen LogP contribution in [0.1, 0.15) is 15.9 Å². The van der Waals surface area contributed by atoms with E-state index in [1.807, 2.05) is 48.5 Å². The van der Waals surface area contributed by atoms with Crippen molar-refractivity contribution in [3.63, 3.8) is 0 Å². The average Bonchev–Trinajstić information content (AvgIpc) is 2.80. The number of hydroxylamine groups is 2. The maximum Gasteiger partial charge on any atom is 0.338 e. The Morgan fingerprint density at radius 3 is 2.45 bits per heavy atom. The molecule has 7 heteroatoms. The predicted octanol–water partition coefficient (Wildman–Crippen LogP) is 3.71. The van der Waals surface area contributed by atoms with Gasteiger partial charge in [-0.25, -0.2) is 9.86 Å². The number of fused-ring (bicyclic) bond motifs is 1. The minimum absolute atomic E-state index is 0.0435. The van der Waals surface area contributed by atoms with Crippen LogP contribution in [0.5, 0.6) is 5.75 Å². The van der Waals surface area contributed by atoms with Gasteiger partial charge in [-0.3, -0.25) is 10.0 Å². The van der Waals surface area contributed by atoms with Crippen LogP contribution in [-0.4, -0.2) is 41.9 Å². The summed E-state index contributed by atoms with van der Waals surface area (Å²) in [6.45, 7) is 0.621. The number of ether oxygens (including phenoxy) is 1. The Kier molecular flexibility index (Phi) is 5.86. The molecule has 3 amide bonds. The lowest BCUT2D eigenvalue weighted by atomic mass is 9.97. The number of anilines is 1. The number of nitrogens with zero attached hydrogens (tertiary/aromatic N) is 2. The van der Waals surface area contributed by atoms with Gasteiger partial charge in [-0.15, -0.1) is 0 Å². The maximum absolute atomic E-state index is 13.1. The second kappa shape index (κ2) is 8.89. The second-order valence-electron chi connectivity index (χ2n) is 7.25. The van der Waals surface area contributed by atoms with E-state index in [0.717, 1.165) is 22.4 Å². The lowest BCUT2D eigenvalue weighted by molar-refractivity contribution is -0.0464. The summed E-state index contributed by atoms with van der Waals surface area (Å²) in [4.78, 5) is 25.6. The summed E-state index contributed by atoms with van der Waals surface area (Å²) < 4.78 is 5.56. The van der Waals surface area contributed by atoms with Crippen molar-refractivity contribution < 1.29 is 19.5 Å². The lowest BCUT2D eigenvalue weighted by Gasteiger charge is -2.29. The average molecular weight is 417 g/mol. The van der Waals surface area contributed by atoms with Crippen LogP contribution in [0.3, 0.4) is 0 Å². The Morgan fingerprint density at radius 2 is 1.74 bits per heavy atom. The van der Waals surface area contributed by atoms with E-state index in [0.29, 0.717) is 29.3 Å². The molecule has 0 saturated heterocycles. The number of rotatable bonds is 6. The number of amides is 3. The van der Waals surface area contributed by atoms with E-state index in [4.69, 9.17) is 10.5 Å². The second-order valence-corrected chi connectivity index (χ2v) is 7.25. The highest BCUT2D eigenvalue weighted by Crippen LogP contribution is 2.29. The number of hydrogen-bond donors (Lipinski definition) is 2. The van der Waals surface area contributed by atoms with Gasteiger partial charge in [-0.05, 0) is 53.4 Å². The molecule has 0 unspecified atom stereocenters. The molecule has 0 fully saturated rings. The molecule has 0 radical (unpaired) electrons. The van der Waals surface area contributed by atoms with Crippen molar-refractivity contribution in [1.82, 2.24) is 5.06 Å². The van der Waals surface area contributed by atoms with Crippen molar-refractivity contribution in [3.8, 4) is 16.9 Å². The monoisotopic (exact) mass is 417 g/mol. The van der Waals surface area contributed by atoms with E-state index in [9.17, 15) is 14.8 Å². The van der Waals surface area contributed by atoms with Gasteiger partial charge in [-0.2, -0.15) is 0 Å². The molecule has 0 aliphatic carbocycles. The van der Waals surface area contributed by atoms with Crippen LogP contribution in [0.15, 0.2) is 72.8 Å². The molecule has 31 heavy (non-hydrogen) atoms. The summed E-state index contributed by atoms with van der Waals surface area (Å²) in [5.74, 6) is 0.528. The van der Waals surface area contributed by atoms with E-state index in [-0.39, 0.29) is 19.1 Å². The molecule has 0 aromatic heterocycles. The molecule has 4 rings (SSSR count). The molecule has 0 saturated carbocycles. The van der Waals surface area contributed by atoms with Crippen LogP contribution in [0, 0.1) is 0 Å². The van der Waals surface area contributed by atoms with Gasteiger partial charge in [0.05, 0.1) is 6.54 Å². The zero-order valence-electron chi connectivity index (χ0n) is 16.9. The number of nitrogens with two attached hydrogens (primary N) is 1. The molecule has 3 aromatic rings. The van der Waals surface area contributed by atoms with Gasteiger partial charge in [0.1, 0.15) is 12.4 Å². The summed E-state index contributed by atoms with van der Waals surface area (Å²) >= 11 is 0. The molecule has 1 aliphatic rings. The summed E-state index contributed by atoms with van der Waals surface area (Å²) in [5, 5.41) is 9.67. The van der Waals surface area contributed by atoms with Crippen LogP contribution >= 0.6 is 0 Å². The number of carbonyl (C=O) groups excluding carboxylic acids is 2. The van der Waals surface area contributed by atoms with Crippen LogP contribution in [0.4, 0.5) is 10.5 Å². The minimum atomic E-state index is -0.934. The van der Waals surface area contributed by atoms with Crippen LogP contribution in [-0.2, 0) is 6.42 Å². The molecule has 158 valence electrons. The smallest absolute Gasteiger partial charge is 0.338 e. The van der Waals surface area contributed by atoms with Gasteiger partial charge in [0, 0.05) is 17.8 Å². The summed E-state index contributed by atoms with van der Waals surface area (Å²) in [6, 6.07) is 22.5. The van der Waals surface area contributed by atoms with Gasteiger partial charge in [0.25, 0.3) is 5.91 Å². The first kappa shape index (κ1) is 20.4. The molecular formula is C24H23N3O4. The first-order valence-electron chi connectivity index (χ1n) is 10.0. The van der Waals surface area contributed by atoms with E-state index < -0.39 is 6.03 Å². The fraction of sp³-hybridized carbons (Fsp3) is 0.167. The van der Waals surface area contributed by atoms with Crippen molar-refractivity contribution in [2.75, 3.05) is 24.6 Å². The largest absolute Gasteiger partial charge is 0.492 e. The fourth-order valence-electron chi connectivity index (χ4n) is 3.63. The van der Waals surface area contributed by atoms with Crippen LogP contribution < -0.4 is 15.4 Å². The van der Waals surface area contributed by atoms with Crippen molar-refractivity contribution in [2.45, 2.75) is 6.42 Å². The Bertz CT molecular complexity index is 1080. The fourth-order valence-corrected chi connectivity index (χ4v) is 3.63. The van der Waals surface area contributed by atoms with Crippen molar-refractivity contribution >= 4 is 17.6 Å². The third kappa shape index (κ3) is 4.51. The molecule has 1 aliphatic heterocycles. The molecule has 3 aromatic carbocycles. The molecule has 1 heterocycles. The first-order chi connectivity index (χ1) is 15.0. The third-order valence-electron chi connectivity index (χ3n) is 5.27. The molecule has 7 nitrogen and oxygen atoms in total. The first-order valence-corrected chi connectivity index (χ1v) is 10.0. The summed E-state index contributed by atoms with van der Waals surface area (Å²) in [6.07, 6.45) is 0.701. The number of primary amides is 1. The number of benzene rings is 3. The number of urea groups is 1. The van der Waals surface area contributed by atoms with E-state index >= 15 is 0 Å². The Balaban J connectivity index is 1.44. The number of carbonyl (C=O) groups is 2. The quantitative estimate of drug-likeness (QED) is 0.472. The molecule has 0 bridgehead atoms. The molecule has 3 N–H and O–H groups in total. The Hall–Kier alpha value is -3.84. The maximum atomic E-state index is 13.1. The van der Waals surface area contributed by atoms with Crippen molar-refractivity contribution in [2.24, 2.45) is 5.73 Å². The highest BCUT2D eigenvalue weighted by Gasteiger charge is 2.25. The molecule has 0 spiro atoms. The zero-order chi connectivity index (χ0) is 21.8. The molecule has 0 atom stereocenters. The number of hydrogen-bond acceptors (Lipinski definition) is 4. The Labute approximate surface area is 180 Å². The summed E-state index contributed by atoms with van der Waals surface area (Å²) in [7, 11) is 0.